The average Bonchev–Trinajstić information content (AvgIpc) is 3.35. The first-order chi connectivity index (χ1) is 14.8. The zero-order valence-corrected chi connectivity index (χ0v) is 18.2. The van der Waals surface area contributed by atoms with E-state index in [0.29, 0.717) is 21.5 Å². The second-order valence-corrected chi connectivity index (χ2v) is 8.68. The molecular weight excluding hydrogens is 412 g/mol. The van der Waals surface area contributed by atoms with Gasteiger partial charge in [-0.05, 0) is 24.0 Å². The van der Waals surface area contributed by atoms with E-state index in [0.717, 1.165) is 5.56 Å². The molecule has 2 aromatic carbocycles. The average molecular weight is 435 g/mol. The molecule has 0 unspecified atom stereocenters. The number of hydrazine groups is 1. The van der Waals surface area contributed by atoms with Crippen LogP contribution in [0.15, 0.2) is 60.0 Å². The van der Waals surface area contributed by atoms with Crippen LogP contribution in [0, 0.1) is 0 Å². The van der Waals surface area contributed by atoms with Crippen LogP contribution in [0.4, 0.5) is 4.79 Å². The summed E-state index contributed by atoms with van der Waals surface area (Å²) < 4.78 is 0. The van der Waals surface area contributed by atoms with Crippen molar-refractivity contribution in [1.29, 1.82) is 0 Å². The van der Waals surface area contributed by atoms with Crippen molar-refractivity contribution in [2.45, 2.75) is 32.2 Å². The molecule has 31 heavy (non-hydrogen) atoms. The molecule has 8 heteroatoms. The van der Waals surface area contributed by atoms with Crippen molar-refractivity contribution in [3.05, 3.63) is 76.8 Å². The molecule has 1 saturated heterocycles. The van der Waals surface area contributed by atoms with E-state index in [1.807, 2.05) is 30.3 Å². The normalized spacial score (nSPS) is 18.4. The lowest BCUT2D eigenvalue weighted by Crippen LogP contribution is -2.48. The van der Waals surface area contributed by atoms with Gasteiger partial charge in [-0.25, -0.2) is 9.78 Å². The predicted molar refractivity (Wildman–Crippen MR) is 118 cm³/mol. The second-order valence-electron chi connectivity index (χ2n) is 7.82. The minimum Gasteiger partial charge on any atom is -0.318 e. The molecule has 0 spiro atoms. The minimum absolute atomic E-state index is 0.141. The third-order valence-corrected chi connectivity index (χ3v) is 6.21. The molecule has 1 aliphatic rings. The number of imide groups is 1. The standard InChI is InChI=1S/C23H22N4O3S/c1-14(2)15-9-11-16(12-10-15)20-24-18(13-31-20)19(28)26-27-21(29)23(3,25-22(27)30)17-7-5-4-6-8-17/h4-14H,1-3H3,(H,25,30)(H,26,28)/t23-/m1/s1. The number of nitrogens with zero attached hydrogens (tertiary/aromatic N) is 2. The van der Waals surface area contributed by atoms with E-state index < -0.39 is 23.4 Å². The van der Waals surface area contributed by atoms with Gasteiger partial charge in [0.05, 0.1) is 0 Å². The molecule has 158 valence electrons. The molecule has 1 atom stereocenters. The summed E-state index contributed by atoms with van der Waals surface area (Å²) in [7, 11) is 0. The quantitative estimate of drug-likeness (QED) is 0.593. The van der Waals surface area contributed by atoms with Crippen molar-refractivity contribution in [3.63, 3.8) is 0 Å². The van der Waals surface area contributed by atoms with Gasteiger partial charge in [0.15, 0.2) is 0 Å². The van der Waals surface area contributed by atoms with Gasteiger partial charge in [0, 0.05) is 10.9 Å². The van der Waals surface area contributed by atoms with E-state index in [1.54, 1.807) is 36.6 Å². The molecule has 1 aromatic heterocycles. The third kappa shape index (κ3) is 3.82. The highest BCUT2D eigenvalue weighted by Gasteiger charge is 2.50. The summed E-state index contributed by atoms with van der Waals surface area (Å²) >= 11 is 1.33. The molecule has 2 heterocycles. The van der Waals surface area contributed by atoms with Crippen LogP contribution in [-0.4, -0.2) is 27.8 Å². The first kappa shape index (κ1) is 20.7. The molecule has 1 fully saturated rings. The molecule has 1 aliphatic heterocycles. The maximum absolute atomic E-state index is 12.9. The van der Waals surface area contributed by atoms with Crippen LogP contribution in [0.5, 0.6) is 0 Å². The van der Waals surface area contributed by atoms with Crippen LogP contribution in [0.2, 0.25) is 0 Å². The topological polar surface area (TPSA) is 91.4 Å². The van der Waals surface area contributed by atoms with E-state index in [1.165, 1.54) is 16.9 Å². The Labute approximate surface area is 184 Å². The zero-order valence-electron chi connectivity index (χ0n) is 17.4. The summed E-state index contributed by atoms with van der Waals surface area (Å²) in [6, 6.07) is 16.2. The summed E-state index contributed by atoms with van der Waals surface area (Å²) in [6.07, 6.45) is 0. The fraction of sp³-hybridized carbons (Fsp3) is 0.217. The van der Waals surface area contributed by atoms with E-state index in [-0.39, 0.29) is 5.69 Å². The van der Waals surface area contributed by atoms with Crippen LogP contribution in [0.3, 0.4) is 0 Å². The number of carbonyl (C=O) groups excluding carboxylic acids is 3. The van der Waals surface area contributed by atoms with Crippen LogP contribution >= 0.6 is 11.3 Å². The maximum atomic E-state index is 12.9. The number of rotatable bonds is 5. The van der Waals surface area contributed by atoms with E-state index in [4.69, 9.17) is 0 Å². The predicted octanol–water partition coefficient (Wildman–Crippen LogP) is 4.05. The first-order valence-corrected chi connectivity index (χ1v) is 10.8. The largest absolute Gasteiger partial charge is 0.344 e. The van der Waals surface area contributed by atoms with E-state index in [2.05, 4.69) is 29.6 Å². The number of hydrogen-bond acceptors (Lipinski definition) is 5. The number of hydrogen-bond donors (Lipinski definition) is 2. The number of urea groups is 1. The molecule has 4 amide bonds. The number of benzene rings is 2. The second kappa shape index (κ2) is 7.96. The van der Waals surface area contributed by atoms with Crippen molar-refractivity contribution in [2.75, 3.05) is 0 Å². The molecule has 0 aliphatic carbocycles. The Bertz CT molecular complexity index is 1140. The monoisotopic (exact) mass is 434 g/mol. The number of amides is 4. The van der Waals surface area contributed by atoms with Crippen molar-refractivity contribution in [3.8, 4) is 10.6 Å². The molecule has 3 aromatic rings. The van der Waals surface area contributed by atoms with Gasteiger partial charge in [-0.2, -0.15) is 5.01 Å². The first-order valence-electron chi connectivity index (χ1n) is 9.88. The Balaban J connectivity index is 1.50. The van der Waals surface area contributed by atoms with Gasteiger partial charge in [0.2, 0.25) is 0 Å². The highest BCUT2D eigenvalue weighted by Crippen LogP contribution is 2.28. The van der Waals surface area contributed by atoms with Crippen molar-refractivity contribution in [1.82, 2.24) is 20.7 Å². The highest BCUT2D eigenvalue weighted by molar-refractivity contribution is 7.13. The van der Waals surface area contributed by atoms with E-state index in [9.17, 15) is 14.4 Å². The molecule has 2 N–H and O–H groups in total. The summed E-state index contributed by atoms with van der Waals surface area (Å²) in [6.45, 7) is 5.86. The maximum Gasteiger partial charge on any atom is 0.344 e. The molecule has 0 radical (unpaired) electrons. The number of aromatic nitrogens is 1. The van der Waals surface area contributed by atoms with Gasteiger partial charge in [-0.15, -0.1) is 11.3 Å². The van der Waals surface area contributed by atoms with Crippen LogP contribution in [0.1, 0.15) is 48.3 Å². The highest BCUT2D eigenvalue weighted by atomic mass is 32.1. The van der Waals surface area contributed by atoms with Crippen molar-refractivity contribution < 1.29 is 14.4 Å². The minimum atomic E-state index is -1.25. The van der Waals surface area contributed by atoms with Gasteiger partial charge < -0.3 is 5.32 Å². The summed E-state index contributed by atoms with van der Waals surface area (Å²) in [5.41, 5.74) is 4.03. The molecular formula is C23H22N4O3S. The Morgan fingerprint density at radius 1 is 1.10 bits per heavy atom. The fourth-order valence-electron chi connectivity index (χ4n) is 3.39. The lowest BCUT2D eigenvalue weighted by atomic mass is 9.92. The van der Waals surface area contributed by atoms with Gasteiger partial charge in [0.25, 0.3) is 11.8 Å². The van der Waals surface area contributed by atoms with E-state index >= 15 is 0 Å². The zero-order chi connectivity index (χ0) is 22.2. The van der Waals surface area contributed by atoms with Crippen molar-refractivity contribution >= 4 is 29.2 Å². The number of thiazole rings is 1. The van der Waals surface area contributed by atoms with Crippen molar-refractivity contribution in [2.24, 2.45) is 0 Å². The fourth-order valence-corrected chi connectivity index (χ4v) is 4.19. The van der Waals surface area contributed by atoms with Crippen LogP contribution in [-0.2, 0) is 10.3 Å². The van der Waals surface area contributed by atoms with Gasteiger partial charge in [-0.3, -0.25) is 15.0 Å². The summed E-state index contributed by atoms with van der Waals surface area (Å²) in [4.78, 5) is 42.4. The van der Waals surface area contributed by atoms with Crippen LogP contribution in [0.25, 0.3) is 10.6 Å². The SMILES string of the molecule is CC(C)c1ccc(-c2nc(C(=O)NN3C(=O)N[C@](C)(c4ccccc4)C3=O)cs2)cc1. The lowest BCUT2D eigenvalue weighted by Gasteiger charge is -2.21. The van der Waals surface area contributed by atoms with Gasteiger partial charge >= 0.3 is 6.03 Å². The van der Waals surface area contributed by atoms with Crippen LogP contribution < -0.4 is 10.7 Å². The lowest BCUT2D eigenvalue weighted by molar-refractivity contribution is -0.132. The van der Waals surface area contributed by atoms with Gasteiger partial charge in [0.1, 0.15) is 16.2 Å². The summed E-state index contributed by atoms with van der Waals surface area (Å²) in [5, 5.41) is 5.66. The molecule has 7 nitrogen and oxygen atoms in total. The Hall–Kier alpha value is -3.52. The molecule has 4 rings (SSSR count). The number of nitrogens with one attached hydrogen (secondary N) is 2. The Kier molecular flexibility index (Phi) is 5.32. The number of carbonyl (C=O) groups is 3. The molecule has 0 bridgehead atoms. The molecule has 0 saturated carbocycles. The smallest absolute Gasteiger partial charge is 0.318 e. The third-order valence-electron chi connectivity index (χ3n) is 5.32. The van der Waals surface area contributed by atoms with Gasteiger partial charge in [-0.1, -0.05) is 68.4 Å². The summed E-state index contributed by atoms with van der Waals surface area (Å²) in [5.74, 6) is -0.753. The Morgan fingerprint density at radius 2 is 1.77 bits per heavy atom. The Morgan fingerprint density at radius 3 is 2.42 bits per heavy atom.